The first-order chi connectivity index (χ1) is 7.92. The summed E-state index contributed by atoms with van der Waals surface area (Å²) in [6, 6.07) is 9.74. The number of para-hydroxylation sites is 1. The Morgan fingerprint density at radius 2 is 2.25 bits per heavy atom. The van der Waals surface area contributed by atoms with Gasteiger partial charge in [0, 0.05) is 17.1 Å². The smallest absolute Gasteiger partial charge is 0.177 e. The molecule has 0 atom stereocenters. The maximum Gasteiger partial charge on any atom is 0.177 e. The van der Waals surface area contributed by atoms with E-state index in [4.69, 9.17) is 11.3 Å². The molecule has 0 amide bonds. The van der Waals surface area contributed by atoms with Crippen molar-refractivity contribution in [3.63, 3.8) is 0 Å². The van der Waals surface area contributed by atoms with Crippen molar-refractivity contribution in [1.82, 2.24) is 4.98 Å². The van der Waals surface area contributed by atoms with E-state index < -0.39 is 0 Å². The summed E-state index contributed by atoms with van der Waals surface area (Å²) < 4.78 is 0. The molecule has 1 aromatic heterocycles. The van der Waals surface area contributed by atoms with Crippen molar-refractivity contribution in [1.29, 1.82) is 0 Å². The first-order valence-corrected chi connectivity index (χ1v) is 4.84. The first kappa shape index (κ1) is 10.2. The minimum Gasteiger partial charge on any atom is -0.383 e. The van der Waals surface area contributed by atoms with Crippen LogP contribution in [0.1, 0.15) is 5.56 Å². The Hall–Kier alpha value is -2.34. The zero-order valence-electron chi connectivity index (χ0n) is 8.63. The van der Waals surface area contributed by atoms with Crippen molar-refractivity contribution in [3.05, 3.63) is 42.1 Å². The highest BCUT2D eigenvalue weighted by Crippen LogP contribution is 2.14. The van der Waals surface area contributed by atoms with E-state index >= 15 is 0 Å². The van der Waals surface area contributed by atoms with Gasteiger partial charge in [-0.05, 0) is 12.1 Å². The van der Waals surface area contributed by atoms with E-state index in [0.29, 0.717) is 0 Å². The molecule has 0 N–H and O–H groups in total. The molecule has 0 aliphatic heterocycles. The molecule has 1 aromatic carbocycles. The number of nitrogens with zero attached hydrogens (tertiary/aromatic N) is 2. The highest BCUT2D eigenvalue weighted by atomic mass is 16.6. The van der Waals surface area contributed by atoms with Crippen LogP contribution in [0.15, 0.2) is 41.7 Å². The molecule has 1 heterocycles. The first-order valence-electron chi connectivity index (χ1n) is 4.84. The van der Waals surface area contributed by atoms with Crippen molar-refractivity contribution in [3.8, 4) is 12.3 Å². The summed E-state index contributed by atoms with van der Waals surface area (Å²) in [4.78, 5) is 9.10. The van der Waals surface area contributed by atoms with Crippen LogP contribution in [0.5, 0.6) is 0 Å². The summed E-state index contributed by atoms with van der Waals surface area (Å²) >= 11 is 0. The lowest BCUT2D eigenvalue weighted by atomic mass is 10.1. The van der Waals surface area contributed by atoms with Gasteiger partial charge < -0.3 is 4.84 Å². The van der Waals surface area contributed by atoms with Gasteiger partial charge in [-0.3, -0.25) is 4.98 Å². The Morgan fingerprint density at radius 3 is 3.12 bits per heavy atom. The standard InChI is InChI=1S/C13H10N2O/c1-2-9-16-15-10-11-7-8-14-13-6-4-3-5-12(11)13/h1,3-8,10H,9H2/b15-10+. The van der Waals surface area contributed by atoms with E-state index in [1.807, 2.05) is 30.3 Å². The number of oxime groups is 1. The molecule has 2 aromatic rings. The van der Waals surface area contributed by atoms with Gasteiger partial charge in [-0.15, -0.1) is 6.42 Å². The lowest BCUT2D eigenvalue weighted by Gasteiger charge is -1.99. The molecular formula is C13H10N2O. The van der Waals surface area contributed by atoms with Crippen LogP contribution in [-0.4, -0.2) is 17.8 Å². The average molecular weight is 210 g/mol. The van der Waals surface area contributed by atoms with Gasteiger partial charge in [-0.1, -0.05) is 29.3 Å². The zero-order valence-corrected chi connectivity index (χ0v) is 8.63. The topological polar surface area (TPSA) is 34.5 Å². The van der Waals surface area contributed by atoms with E-state index in [1.54, 1.807) is 12.4 Å². The van der Waals surface area contributed by atoms with Gasteiger partial charge >= 0.3 is 0 Å². The maximum atomic E-state index is 5.04. The molecule has 3 nitrogen and oxygen atoms in total. The lowest BCUT2D eigenvalue weighted by Crippen LogP contribution is -1.88. The van der Waals surface area contributed by atoms with E-state index in [0.717, 1.165) is 16.5 Å². The van der Waals surface area contributed by atoms with Crippen molar-refractivity contribution in [2.24, 2.45) is 5.16 Å². The zero-order chi connectivity index (χ0) is 11.2. The molecule has 0 spiro atoms. The van der Waals surface area contributed by atoms with Gasteiger partial charge in [-0.25, -0.2) is 0 Å². The van der Waals surface area contributed by atoms with Gasteiger partial charge in [0.15, 0.2) is 6.61 Å². The summed E-state index contributed by atoms with van der Waals surface area (Å²) in [6.45, 7) is 0.180. The third-order valence-electron chi connectivity index (χ3n) is 2.10. The molecular weight excluding hydrogens is 200 g/mol. The molecule has 0 bridgehead atoms. The van der Waals surface area contributed by atoms with Crippen LogP contribution >= 0.6 is 0 Å². The van der Waals surface area contributed by atoms with Gasteiger partial charge in [0.25, 0.3) is 0 Å². The fraction of sp³-hybridized carbons (Fsp3) is 0.0769. The number of hydrogen-bond donors (Lipinski definition) is 0. The van der Waals surface area contributed by atoms with Gasteiger partial charge in [-0.2, -0.15) is 0 Å². The van der Waals surface area contributed by atoms with Gasteiger partial charge in [0.1, 0.15) is 0 Å². The minimum absolute atomic E-state index is 0.180. The van der Waals surface area contributed by atoms with E-state index in [9.17, 15) is 0 Å². The second-order valence-corrected chi connectivity index (χ2v) is 3.13. The number of pyridine rings is 1. The summed E-state index contributed by atoms with van der Waals surface area (Å²) in [5.74, 6) is 2.34. The molecule has 0 aliphatic rings. The number of rotatable bonds is 3. The Morgan fingerprint density at radius 1 is 1.38 bits per heavy atom. The van der Waals surface area contributed by atoms with E-state index in [1.165, 1.54) is 0 Å². The summed E-state index contributed by atoms with van der Waals surface area (Å²) in [7, 11) is 0. The molecule has 16 heavy (non-hydrogen) atoms. The second kappa shape index (κ2) is 4.94. The second-order valence-electron chi connectivity index (χ2n) is 3.13. The fourth-order valence-electron chi connectivity index (χ4n) is 1.40. The highest BCUT2D eigenvalue weighted by molar-refractivity contribution is 5.97. The van der Waals surface area contributed by atoms with Crippen molar-refractivity contribution in [2.45, 2.75) is 0 Å². The normalized spacial score (nSPS) is 10.4. The predicted octanol–water partition coefficient (Wildman–Crippen LogP) is 2.22. The lowest BCUT2D eigenvalue weighted by molar-refractivity contribution is 0.182. The highest BCUT2D eigenvalue weighted by Gasteiger charge is 1.97. The van der Waals surface area contributed by atoms with Crippen molar-refractivity contribution >= 4 is 17.1 Å². The summed E-state index contributed by atoms with van der Waals surface area (Å²) in [5, 5.41) is 4.83. The molecule has 0 saturated heterocycles. The summed E-state index contributed by atoms with van der Waals surface area (Å²) in [5.41, 5.74) is 1.89. The SMILES string of the molecule is C#CCO/N=C/c1ccnc2ccccc12. The quantitative estimate of drug-likeness (QED) is 0.337. The number of aromatic nitrogens is 1. The van der Waals surface area contributed by atoms with E-state index in [2.05, 4.69) is 16.1 Å². The molecule has 2 rings (SSSR count). The van der Waals surface area contributed by atoms with Crippen LogP contribution in [0.3, 0.4) is 0 Å². The number of hydrogen-bond acceptors (Lipinski definition) is 3. The Kier molecular flexibility index (Phi) is 3.15. The number of benzene rings is 1. The maximum absolute atomic E-state index is 5.04. The van der Waals surface area contributed by atoms with Crippen LogP contribution in [0.25, 0.3) is 10.9 Å². The van der Waals surface area contributed by atoms with Crippen LogP contribution in [-0.2, 0) is 4.84 Å². The van der Waals surface area contributed by atoms with Crippen LogP contribution < -0.4 is 0 Å². The molecule has 0 unspecified atom stereocenters. The average Bonchev–Trinajstić information content (AvgIpc) is 2.35. The van der Waals surface area contributed by atoms with Crippen molar-refractivity contribution < 1.29 is 4.84 Å². The van der Waals surface area contributed by atoms with Crippen molar-refractivity contribution in [2.75, 3.05) is 6.61 Å². The monoisotopic (exact) mass is 210 g/mol. The molecule has 0 fully saturated rings. The minimum atomic E-state index is 0.180. The molecule has 0 aliphatic carbocycles. The number of fused-ring (bicyclic) bond motifs is 1. The molecule has 78 valence electrons. The third-order valence-corrected chi connectivity index (χ3v) is 2.10. The third kappa shape index (κ3) is 2.18. The van der Waals surface area contributed by atoms with Crippen LogP contribution in [0.4, 0.5) is 0 Å². The van der Waals surface area contributed by atoms with Crippen LogP contribution in [0.2, 0.25) is 0 Å². The summed E-state index contributed by atoms with van der Waals surface area (Å²) in [6.07, 6.45) is 8.42. The molecule has 3 heteroatoms. The predicted molar refractivity (Wildman–Crippen MR) is 64.1 cm³/mol. The number of terminal acetylenes is 1. The van der Waals surface area contributed by atoms with Crippen LogP contribution in [0, 0.1) is 12.3 Å². The van der Waals surface area contributed by atoms with Gasteiger partial charge in [0.05, 0.1) is 11.7 Å². The van der Waals surface area contributed by atoms with Gasteiger partial charge in [0.2, 0.25) is 0 Å². The molecule has 0 radical (unpaired) electrons. The fourth-order valence-corrected chi connectivity index (χ4v) is 1.40. The Labute approximate surface area is 93.8 Å². The Balaban J connectivity index is 2.31. The molecule has 0 saturated carbocycles. The Bertz CT molecular complexity index is 550. The van der Waals surface area contributed by atoms with E-state index in [-0.39, 0.29) is 6.61 Å². The largest absolute Gasteiger partial charge is 0.383 e.